The third-order valence-corrected chi connectivity index (χ3v) is 4.40. The lowest BCUT2D eigenvalue weighted by Gasteiger charge is -2.22. The monoisotopic (exact) mass is 339 g/mol. The van der Waals surface area contributed by atoms with Gasteiger partial charge in [0.2, 0.25) is 5.91 Å². The van der Waals surface area contributed by atoms with Crippen LogP contribution in [0, 0.1) is 20.8 Å². The number of carboxylic acids is 1. The highest BCUT2D eigenvalue weighted by atomic mass is 16.4. The molecule has 6 nitrogen and oxygen atoms in total. The van der Waals surface area contributed by atoms with Crippen molar-refractivity contribution in [3.05, 3.63) is 52.7 Å². The molecule has 1 aliphatic rings. The van der Waals surface area contributed by atoms with Crippen LogP contribution in [0.25, 0.3) is 0 Å². The summed E-state index contributed by atoms with van der Waals surface area (Å²) in [6.45, 7) is 6.70. The van der Waals surface area contributed by atoms with Crippen LogP contribution >= 0.6 is 0 Å². The highest BCUT2D eigenvalue weighted by Crippen LogP contribution is 2.30. The van der Waals surface area contributed by atoms with Gasteiger partial charge in [0, 0.05) is 12.2 Å². The molecule has 3 rings (SSSR count). The Hall–Kier alpha value is -2.89. The maximum atomic E-state index is 12.8. The van der Waals surface area contributed by atoms with Crippen LogP contribution in [-0.4, -0.2) is 34.6 Å². The Labute approximate surface area is 146 Å². The van der Waals surface area contributed by atoms with Crippen molar-refractivity contribution in [1.82, 2.24) is 4.98 Å². The van der Waals surface area contributed by atoms with E-state index in [2.05, 4.69) is 22.4 Å². The number of carbonyl (C=O) groups is 2. The van der Waals surface area contributed by atoms with Crippen molar-refractivity contribution in [2.75, 3.05) is 16.8 Å². The summed E-state index contributed by atoms with van der Waals surface area (Å²) < 4.78 is 0. The lowest BCUT2D eigenvalue weighted by atomic mass is 10.0. The number of rotatable bonds is 4. The van der Waals surface area contributed by atoms with Crippen LogP contribution in [0.1, 0.15) is 33.6 Å². The number of benzene rings is 1. The molecular weight excluding hydrogens is 318 g/mol. The Kier molecular flexibility index (Phi) is 4.44. The molecule has 2 aromatic rings. The summed E-state index contributed by atoms with van der Waals surface area (Å²) in [4.78, 5) is 29.7. The van der Waals surface area contributed by atoms with Crippen LogP contribution in [0.4, 0.5) is 11.5 Å². The molecule has 1 unspecified atom stereocenters. The van der Waals surface area contributed by atoms with Crippen LogP contribution in [0.2, 0.25) is 0 Å². The third-order valence-electron chi connectivity index (χ3n) is 4.40. The Bertz CT molecular complexity index is 825. The Morgan fingerprint density at radius 1 is 1.24 bits per heavy atom. The average molecular weight is 339 g/mol. The average Bonchev–Trinajstić information content (AvgIpc) is 2.88. The van der Waals surface area contributed by atoms with Gasteiger partial charge in [0.15, 0.2) is 5.69 Å². The van der Waals surface area contributed by atoms with E-state index < -0.39 is 12.0 Å². The molecule has 130 valence electrons. The van der Waals surface area contributed by atoms with Crippen molar-refractivity contribution in [3.8, 4) is 0 Å². The molecule has 1 aromatic carbocycles. The van der Waals surface area contributed by atoms with E-state index in [1.165, 1.54) is 11.6 Å². The first-order valence-corrected chi connectivity index (χ1v) is 8.23. The summed E-state index contributed by atoms with van der Waals surface area (Å²) in [5, 5.41) is 12.1. The van der Waals surface area contributed by atoms with E-state index in [1.807, 2.05) is 25.7 Å². The number of pyridine rings is 1. The SMILES string of the molecule is Cc1cc(C)c(N2CCC(Nc3cccc(C(=O)O)n3)C2=O)c(C)c1. The number of anilines is 2. The van der Waals surface area contributed by atoms with Crippen molar-refractivity contribution in [2.45, 2.75) is 33.2 Å². The number of nitrogens with zero attached hydrogens (tertiary/aromatic N) is 2. The van der Waals surface area contributed by atoms with E-state index in [-0.39, 0.29) is 11.6 Å². The maximum absolute atomic E-state index is 12.8. The number of hydrogen-bond donors (Lipinski definition) is 2. The zero-order valence-corrected chi connectivity index (χ0v) is 14.5. The van der Waals surface area contributed by atoms with Crippen LogP contribution in [0.3, 0.4) is 0 Å². The van der Waals surface area contributed by atoms with Gasteiger partial charge in [-0.25, -0.2) is 9.78 Å². The molecule has 0 aliphatic carbocycles. The topological polar surface area (TPSA) is 82.5 Å². The van der Waals surface area contributed by atoms with Gasteiger partial charge >= 0.3 is 5.97 Å². The lowest BCUT2D eigenvalue weighted by Crippen LogP contribution is -2.34. The Balaban J connectivity index is 1.81. The molecule has 25 heavy (non-hydrogen) atoms. The van der Waals surface area contributed by atoms with Crippen molar-refractivity contribution in [3.63, 3.8) is 0 Å². The lowest BCUT2D eigenvalue weighted by molar-refractivity contribution is -0.117. The number of aromatic carboxylic acids is 1. The maximum Gasteiger partial charge on any atom is 0.354 e. The number of aryl methyl sites for hydroxylation is 3. The van der Waals surface area contributed by atoms with Crippen LogP contribution in [0.15, 0.2) is 30.3 Å². The minimum absolute atomic E-state index is 0.0161. The van der Waals surface area contributed by atoms with Crippen molar-refractivity contribution >= 4 is 23.4 Å². The zero-order valence-electron chi connectivity index (χ0n) is 14.5. The minimum atomic E-state index is -1.09. The molecule has 0 bridgehead atoms. The first kappa shape index (κ1) is 17.0. The molecule has 1 aliphatic heterocycles. The molecule has 2 N–H and O–H groups in total. The van der Waals surface area contributed by atoms with Gasteiger partial charge in [-0.3, -0.25) is 4.79 Å². The van der Waals surface area contributed by atoms with Crippen LogP contribution in [0.5, 0.6) is 0 Å². The van der Waals surface area contributed by atoms with Crippen molar-refractivity contribution in [2.24, 2.45) is 0 Å². The summed E-state index contributed by atoms with van der Waals surface area (Å²) in [7, 11) is 0. The summed E-state index contributed by atoms with van der Waals surface area (Å²) in [5.41, 5.74) is 4.26. The number of carboxylic acid groups (broad SMARTS) is 1. The minimum Gasteiger partial charge on any atom is -0.477 e. The normalized spacial score (nSPS) is 17.0. The van der Waals surface area contributed by atoms with E-state index in [0.717, 1.165) is 16.8 Å². The summed E-state index contributed by atoms with van der Waals surface area (Å²) in [6.07, 6.45) is 0.643. The second-order valence-electron chi connectivity index (χ2n) is 6.44. The van der Waals surface area contributed by atoms with E-state index >= 15 is 0 Å². The fraction of sp³-hybridized carbons (Fsp3) is 0.316. The van der Waals surface area contributed by atoms with Gasteiger partial charge in [-0.15, -0.1) is 0 Å². The Morgan fingerprint density at radius 2 is 1.92 bits per heavy atom. The van der Waals surface area contributed by atoms with Gasteiger partial charge in [0.05, 0.1) is 0 Å². The fourth-order valence-electron chi connectivity index (χ4n) is 3.45. The van der Waals surface area contributed by atoms with Crippen molar-refractivity contribution in [1.29, 1.82) is 0 Å². The fourth-order valence-corrected chi connectivity index (χ4v) is 3.45. The van der Waals surface area contributed by atoms with E-state index in [0.29, 0.717) is 18.8 Å². The predicted molar refractivity (Wildman–Crippen MR) is 96.2 cm³/mol. The highest BCUT2D eigenvalue weighted by molar-refractivity contribution is 6.02. The second kappa shape index (κ2) is 6.55. The summed E-state index contributed by atoms with van der Waals surface area (Å²) in [5.74, 6) is -0.705. The van der Waals surface area contributed by atoms with Crippen LogP contribution < -0.4 is 10.2 Å². The molecule has 0 saturated carbocycles. The number of nitrogens with one attached hydrogen (secondary N) is 1. The van der Waals surface area contributed by atoms with E-state index in [4.69, 9.17) is 5.11 Å². The smallest absolute Gasteiger partial charge is 0.354 e. The molecule has 2 heterocycles. The number of hydrogen-bond acceptors (Lipinski definition) is 4. The first-order chi connectivity index (χ1) is 11.9. The van der Waals surface area contributed by atoms with Gasteiger partial charge in [0.1, 0.15) is 11.9 Å². The van der Waals surface area contributed by atoms with Crippen molar-refractivity contribution < 1.29 is 14.7 Å². The first-order valence-electron chi connectivity index (χ1n) is 8.23. The zero-order chi connectivity index (χ0) is 18.1. The van der Waals surface area contributed by atoms with Gasteiger partial charge in [-0.2, -0.15) is 0 Å². The molecule has 0 spiro atoms. The molecular formula is C19H21N3O3. The number of carbonyl (C=O) groups excluding carboxylic acids is 1. The molecule has 1 aromatic heterocycles. The summed E-state index contributed by atoms with van der Waals surface area (Å²) in [6, 6.07) is 8.46. The third kappa shape index (κ3) is 3.33. The molecule has 1 atom stereocenters. The molecule has 1 saturated heterocycles. The van der Waals surface area contributed by atoms with E-state index in [1.54, 1.807) is 12.1 Å². The molecule has 1 amide bonds. The molecule has 1 fully saturated rings. The van der Waals surface area contributed by atoms with E-state index in [9.17, 15) is 9.59 Å². The summed E-state index contributed by atoms with van der Waals surface area (Å²) >= 11 is 0. The van der Waals surface area contributed by atoms with Gasteiger partial charge < -0.3 is 15.3 Å². The largest absolute Gasteiger partial charge is 0.477 e. The van der Waals surface area contributed by atoms with Gasteiger partial charge in [-0.05, 0) is 50.5 Å². The second-order valence-corrected chi connectivity index (χ2v) is 6.44. The number of aromatic nitrogens is 1. The quantitative estimate of drug-likeness (QED) is 0.895. The molecule has 0 radical (unpaired) electrons. The molecule has 6 heteroatoms. The highest BCUT2D eigenvalue weighted by Gasteiger charge is 2.34. The van der Waals surface area contributed by atoms with Gasteiger partial charge in [0.25, 0.3) is 0 Å². The predicted octanol–water partition coefficient (Wildman–Crippen LogP) is 2.92. The van der Waals surface area contributed by atoms with Crippen LogP contribution in [-0.2, 0) is 4.79 Å². The Morgan fingerprint density at radius 3 is 2.56 bits per heavy atom. The number of amides is 1. The van der Waals surface area contributed by atoms with Gasteiger partial charge in [-0.1, -0.05) is 23.8 Å². The standard InChI is InChI=1S/C19H21N3O3/c1-11-9-12(2)17(13(3)10-11)22-8-7-14(18(22)23)20-16-6-4-5-15(21-16)19(24)25/h4-6,9-10,14H,7-8H2,1-3H3,(H,20,21)(H,24,25).